The van der Waals surface area contributed by atoms with Gasteiger partial charge in [0.25, 0.3) is 0 Å². The van der Waals surface area contributed by atoms with Gasteiger partial charge in [0.2, 0.25) is 5.91 Å². The average molecular weight is 633 g/mol. The van der Waals surface area contributed by atoms with Gasteiger partial charge in [-0.05, 0) is 54.2 Å². The fourth-order valence-electron chi connectivity index (χ4n) is 6.17. The van der Waals surface area contributed by atoms with Gasteiger partial charge in [-0.15, -0.1) is 0 Å². The van der Waals surface area contributed by atoms with Crippen LogP contribution >= 0.6 is 0 Å². The van der Waals surface area contributed by atoms with Crippen LogP contribution in [-0.4, -0.2) is 48.9 Å². The van der Waals surface area contributed by atoms with Crippen LogP contribution in [0.15, 0.2) is 109 Å². The molecule has 244 valence electrons. The molecule has 47 heavy (non-hydrogen) atoms. The number of para-hydroxylation sites is 1. The van der Waals surface area contributed by atoms with Gasteiger partial charge < -0.3 is 19.7 Å². The van der Waals surface area contributed by atoms with Gasteiger partial charge in [0, 0.05) is 36.2 Å². The number of nitrogens with one attached hydrogen (secondary N) is 1. The van der Waals surface area contributed by atoms with Gasteiger partial charge in [0.05, 0.1) is 13.7 Å². The van der Waals surface area contributed by atoms with E-state index in [2.05, 4.69) is 17.4 Å². The number of methoxy groups -OCH3 is 1. The largest absolute Gasteiger partial charge is 0.492 e. The lowest BCUT2D eigenvalue weighted by Gasteiger charge is -2.27. The fraction of sp³-hybridized carbons (Fsp3) is 0.325. The summed E-state index contributed by atoms with van der Waals surface area (Å²) in [5.74, 6) is 0.798. The molecule has 0 aromatic heterocycles. The number of carbonyl (C=O) groups is 3. The Morgan fingerprint density at radius 1 is 0.787 bits per heavy atom. The fourth-order valence-corrected chi connectivity index (χ4v) is 6.17. The van der Waals surface area contributed by atoms with Gasteiger partial charge in [-0.1, -0.05) is 104 Å². The number of hydrogen-bond donors (Lipinski definition) is 1. The highest BCUT2D eigenvalue weighted by atomic mass is 16.5. The minimum atomic E-state index is -0.710. The predicted octanol–water partition coefficient (Wildman–Crippen LogP) is 7.49. The Morgan fingerprint density at radius 3 is 2.15 bits per heavy atom. The van der Waals surface area contributed by atoms with Crippen molar-refractivity contribution in [2.45, 2.75) is 57.5 Å². The molecule has 0 saturated heterocycles. The molecular formula is C40H44N2O5. The van der Waals surface area contributed by atoms with Crippen molar-refractivity contribution >= 4 is 23.3 Å². The SMILES string of the molecule is COC(=O)C(Cc1ccc(OCCN(Cc2ccccc2)C(=O)CC2CCCCC2)cc1)Nc1ccccc1C(=O)c1ccccc1. The summed E-state index contributed by atoms with van der Waals surface area (Å²) in [7, 11) is 1.36. The van der Waals surface area contributed by atoms with E-state index in [1.165, 1.54) is 26.4 Å². The van der Waals surface area contributed by atoms with Gasteiger partial charge in [0.15, 0.2) is 5.78 Å². The van der Waals surface area contributed by atoms with Crippen LogP contribution in [0.2, 0.25) is 0 Å². The molecule has 5 rings (SSSR count). The molecule has 0 heterocycles. The second kappa shape index (κ2) is 17.1. The summed E-state index contributed by atoms with van der Waals surface area (Å²) >= 11 is 0. The molecule has 1 fully saturated rings. The third-order valence-electron chi connectivity index (χ3n) is 8.77. The molecule has 1 atom stereocenters. The molecule has 0 radical (unpaired) electrons. The van der Waals surface area contributed by atoms with Crippen LogP contribution in [-0.2, 0) is 27.3 Å². The van der Waals surface area contributed by atoms with Crippen LogP contribution in [0.4, 0.5) is 5.69 Å². The Balaban J connectivity index is 1.20. The lowest BCUT2D eigenvalue weighted by atomic mass is 9.86. The number of esters is 1. The molecule has 4 aromatic carbocycles. The Bertz CT molecular complexity index is 1580. The number of anilines is 1. The summed E-state index contributed by atoms with van der Waals surface area (Å²) < 4.78 is 11.2. The van der Waals surface area contributed by atoms with Crippen molar-refractivity contribution in [2.24, 2.45) is 5.92 Å². The van der Waals surface area contributed by atoms with E-state index >= 15 is 0 Å². The number of amides is 1. The van der Waals surface area contributed by atoms with Crippen LogP contribution in [0.25, 0.3) is 0 Å². The van der Waals surface area contributed by atoms with E-state index < -0.39 is 12.0 Å². The number of nitrogens with zero attached hydrogens (tertiary/aromatic N) is 1. The monoisotopic (exact) mass is 632 g/mol. The maximum absolute atomic E-state index is 13.4. The predicted molar refractivity (Wildman–Crippen MR) is 184 cm³/mol. The third kappa shape index (κ3) is 9.79. The van der Waals surface area contributed by atoms with Crippen molar-refractivity contribution in [3.05, 3.63) is 131 Å². The molecule has 1 aliphatic rings. The van der Waals surface area contributed by atoms with Crippen LogP contribution < -0.4 is 10.1 Å². The van der Waals surface area contributed by atoms with Crippen molar-refractivity contribution in [1.29, 1.82) is 0 Å². The zero-order valence-corrected chi connectivity index (χ0v) is 27.1. The van der Waals surface area contributed by atoms with E-state index in [0.29, 0.717) is 61.0 Å². The second-order valence-corrected chi connectivity index (χ2v) is 12.2. The molecule has 0 bridgehead atoms. The highest BCUT2D eigenvalue weighted by Gasteiger charge is 2.24. The van der Waals surface area contributed by atoms with Crippen LogP contribution in [0.3, 0.4) is 0 Å². The second-order valence-electron chi connectivity index (χ2n) is 12.2. The summed E-state index contributed by atoms with van der Waals surface area (Å²) in [6, 6.07) is 33.2. The van der Waals surface area contributed by atoms with Gasteiger partial charge in [-0.2, -0.15) is 0 Å². The maximum Gasteiger partial charge on any atom is 0.328 e. The molecule has 1 N–H and O–H groups in total. The minimum absolute atomic E-state index is 0.128. The summed E-state index contributed by atoms with van der Waals surface area (Å²) in [6.45, 7) is 1.44. The average Bonchev–Trinajstić information content (AvgIpc) is 3.12. The number of carbonyl (C=O) groups excluding carboxylic acids is 3. The Labute approximate surface area is 277 Å². The first-order valence-corrected chi connectivity index (χ1v) is 16.6. The maximum atomic E-state index is 13.4. The van der Waals surface area contributed by atoms with Crippen molar-refractivity contribution in [3.63, 3.8) is 0 Å². The Morgan fingerprint density at radius 2 is 1.45 bits per heavy atom. The van der Waals surface area contributed by atoms with Crippen molar-refractivity contribution < 1.29 is 23.9 Å². The van der Waals surface area contributed by atoms with E-state index in [1.807, 2.05) is 71.6 Å². The van der Waals surface area contributed by atoms with E-state index in [4.69, 9.17) is 9.47 Å². The third-order valence-corrected chi connectivity index (χ3v) is 8.77. The minimum Gasteiger partial charge on any atom is -0.492 e. The molecule has 0 spiro atoms. The molecule has 1 unspecified atom stereocenters. The van der Waals surface area contributed by atoms with E-state index in [0.717, 1.165) is 24.0 Å². The van der Waals surface area contributed by atoms with Crippen molar-refractivity contribution in [1.82, 2.24) is 4.90 Å². The number of rotatable bonds is 15. The molecule has 1 amide bonds. The smallest absolute Gasteiger partial charge is 0.328 e. The quantitative estimate of drug-likeness (QED) is 0.108. The van der Waals surface area contributed by atoms with E-state index in [1.54, 1.807) is 30.3 Å². The molecule has 1 saturated carbocycles. The topological polar surface area (TPSA) is 84.9 Å². The molecule has 4 aromatic rings. The van der Waals surface area contributed by atoms with Crippen molar-refractivity contribution in [3.8, 4) is 5.75 Å². The van der Waals surface area contributed by atoms with Gasteiger partial charge in [-0.3, -0.25) is 9.59 Å². The lowest BCUT2D eigenvalue weighted by molar-refractivity contribution is -0.141. The highest BCUT2D eigenvalue weighted by molar-refractivity contribution is 6.12. The molecule has 0 aliphatic heterocycles. The van der Waals surface area contributed by atoms with E-state index in [9.17, 15) is 14.4 Å². The number of benzene rings is 4. The molecule has 1 aliphatic carbocycles. The highest BCUT2D eigenvalue weighted by Crippen LogP contribution is 2.27. The number of hydrogen-bond acceptors (Lipinski definition) is 6. The Hall–Kier alpha value is -4.91. The number of ketones is 1. The Kier molecular flexibility index (Phi) is 12.2. The summed E-state index contributed by atoms with van der Waals surface area (Å²) in [6.07, 6.45) is 6.93. The zero-order chi connectivity index (χ0) is 32.8. The first-order valence-electron chi connectivity index (χ1n) is 16.6. The van der Waals surface area contributed by atoms with Crippen molar-refractivity contribution in [2.75, 3.05) is 25.6 Å². The van der Waals surface area contributed by atoms with Crippen LogP contribution in [0.1, 0.15) is 65.6 Å². The summed E-state index contributed by atoms with van der Waals surface area (Å²) in [5.41, 5.74) is 3.63. The van der Waals surface area contributed by atoms with Crippen LogP contribution in [0, 0.1) is 5.92 Å². The lowest BCUT2D eigenvalue weighted by Crippen LogP contribution is -2.35. The molecule has 7 heteroatoms. The normalized spacial score (nSPS) is 13.7. The van der Waals surface area contributed by atoms with Gasteiger partial charge in [0.1, 0.15) is 18.4 Å². The summed E-state index contributed by atoms with van der Waals surface area (Å²) in [4.78, 5) is 41.3. The zero-order valence-electron chi connectivity index (χ0n) is 27.1. The first-order chi connectivity index (χ1) is 23.0. The number of ether oxygens (including phenoxy) is 2. The molecule has 7 nitrogen and oxygen atoms in total. The standard InChI is InChI=1S/C40H44N2O5/c1-46-40(45)37(41-36-20-12-11-19-35(36)39(44)33-17-9-4-10-18-33)27-31-21-23-34(24-22-31)47-26-25-42(29-32-15-7-3-8-16-32)38(43)28-30-13-5-2-6-14-30/h3-4,7-12,15-24,30,37,41H,2,5-6,13-14,25-29H2,1H3. The first kappa shape index (κ1) is 33.5. The molecular weight excluding hydrogens is 588 g/mol. The summed E-state index contributed by atoms with van der Waals surface area (Å²) in [5, 5.41) is 3.25. The van der Waals surface area contributed by atoms with Gasteiger partial charge >= 0.3 is 5.97 Å². The van der Waals surface area contributed by atoms with Crippen LogP contribution in [0.5, 0.6) is 5.75 Å². The van der Waals surface area contributed by atoms with E-state index in [-0.39, 0.29) is 11.7 Å². The van der Waals surface area contributed by atoms with Gasteiger partial charge in [-0.25, -0.2) is 4.79 Å².